The van der Waals surface area contributed by atoms with E-state index >= 15 is 0 Å². The summed E-state index contributed by atoms with van der Waals surface area (Å²) in [7, 11) is 0. The number of carboxylic acid groups (broad SMARTS) is 3. The summed E-state index contributed by atoms with van der Waals surface area (Å²) in [6.07, 6.45) is 4.11. The van der Waals surface area contributed by atoms with Crippen LogP contribution >= 0.6 is 0 Å². The standard InChI is InChI=1S/C48H58N4O6/c53-46(54)43(40-13-16-49-26-40)23-32-5-1-8-35(19-32)29-52(30-36-9-2-6-33(20-36)24-44(47(55)56)41-14-17-50-27-41)31-37-10-4-12-39(22-37)38-11-3-7-34(21-38)25-45(48(57)58)42-15-18-51-28-42/h1-12,19-22,40-45,49-51H,13-18,23-31H2,(H,53,54)(H,55,56)(H,57,58)/t40-,41-,42-,43-,44-,45-/m0/s1. The molecule has 3 heterocycles. The zero-order valence-corrected chi connectivity index (χ0v) is 33.3. The van der Waals surface area contributed by atoms with Crippen molar-refractivity contribution in [3.8, 4) is 11.1 Å². The highest BCUT2D eigenvalue weighted by molar-refractivity contribution is 5.72. The van der Waals surface area contributed by atoms with E-state index in [1.54, 1.807) is 0 Å². The summed E-state index contributed by atoms with van der Waals surface area (Å²) in [5.74, 6) is -3.16. The van der Waals surface area contributed by atoms with Crippen LogP contribution < -0.4 is 16.0 Å². The highest BCUT2D eigenvalue weighted by Gasteiger charge is 2.33. The molecule has 3 aliphatic heterocycles. The van der Waals surface area contributed by atoms with E-state index in [4.69, 9.17) is 0 Å². The quantitative estimate of drug-likeness (QED) is 0.0657. The molecule has 0 amide bonds. The zero-order valence-electron chi connectivity index (χ0n) is 33.3. The van der Waals surface area contributed by atoms with Crippen molar-refractivity contribution in [1.82, 2.24) is 20.9 Å². The molecule has 58 heavy (non-hydrogen) atoms. The molecule has 306 valence electrons. The van der Waals surface area contributed by atoms with Gasteiger partial charge in [0.1, 0.15) is 0 Å². The molecule has 4 aromatic rings. The lowest BCUT2D eigenvalue weighted by atomic mass is 9.85. The molecule has 10 nitrogen and oxygen atoms in total. The molecule has 0 saturated carbocycles. The monoisotopic (exact) mass is 786 g/mol. The van der Waals surface area contributed by atoms with E-state index in [-0.39, 0.29) is 17.8 Å². The molecule has 3 saturated heterocycles. The second kappa shape index (κ2) is 19.7. The minimum atomic E-state index is -0.742. The lowest BCUT2D eigenvalue weighted by Crippen LogP contribution is -2.27. The Morgan fingerprint density at radius 2 is 0.793 bits per heavy atom. The Bertz CT molecular complexity index is 1940. The van der Waals surface area contributed by atoms with Crippen LogP contribution in [0.3, 0.4) is 0 Å². The Hall–Kier alpha value is -4.87. The van der Waals surface area contributed by atoms with E-state index in [0.717, 1.165) is 103 Å². The number of rotatable bonds is 19. The smallest absolute Gasteiger partial charge is 0.307 e. The second-order valence-corrected chi connectivity index (χ2v) is 16.9. The number of nitrogens with one attached hydrogen (secondary N) is 3. The summed E-state index contributed by atoms with van der Waals surface area (Å²) in [6.45, 7) is 6.71. The van der Waals surface area contributed by atoms with Crippen molar-refractivity contribution in [2.45, 2.75) is 58.2 Å². The molecule has 7 rings (SSSR count). The van der Waals surface area contributed by atoms with Crippen molar-refractivity contribution in [1.29, 1.82) is 0 Å². The van der Waals surface area contributed by atoms with Crippen LogP contribution in [0.15, 0.2) is 97.1 Å². The molecule has 6 N–H and O–H groups in total. The van der Waals surface area contributed by atoms with Gasteiger partial charge in [0.2, 0.25) is 0 Å². The normalized spacial score (nSPS) is 20.9. The van der Waals surface area contributed by atoms with E-state index in [0.29, 0.717) is 38.9 Å². The number of carbonyl (C=O) groups is 3. The van der Waals surface area contributed by atoms with Crippen molar-refractivity contribution in [3.05, 3.63) is 130 Å². The predicted octanol–water partition coefficient (Wildman–Crippen LogP) is 6.11. The van der Waals surface area contributed by atoms with Gasteiger partial charge >= 0.3 is 17.9 Å². The molecule has 0 radical (unpaired) electrons. The molecular formula is C48H58N4O6. The van der Waals surface area contributed by atoms with E-state index in [9.17, 15) is 29.7 Å². The van der Waals surface area contributed by atoms with Gasteiger partial charge in [-0.1, -0.05) is 91.0 Å². The maximum Gasteiger partial charge on any atom is 0.307 e. The average molecular weight is 787 g/mol. The summed E-state index contributed by atoms with van der Waals surface area (Å²) in [5.41, 5.74) is 8.54. The first-order valence-electron chi connectivity index (χ1n) is 21.1. The van der Waals surface area contributed by atoms with Crippen molar-refractivity contribution in [2.75, 3.05) is 39.3 Å². The first-order chi connectivity index (χ1) is 28.2. The van der Waals surface area contributed by atoms with Crippen LogP contribution in [0.2, 0.25) is 0 Å². The average Bonchev–Trinajstić information content (AvgIpc) is 4.04. The van der Waals surface area contributed by atoms with E-state index in [2.05, 4.69) is 81.5 Å². The van der Waals surface area contributed by atoms with Gasteiger partial charge in [0.25, 0.3) is 0 Å². The van der Waals surface area contributed by atoms with Gasteiger partial charge in [0.15, 0.2) is 0 Å². The third-order valence-electron chi connectivity index (χ3n) is 12.7. The fourth-order valence-corrected chi connectivity index (χ4v) is 9.57. The van der Waals surface area contributed by atoms with Gasteiger partial charge in [-0.2, -0.15) is 0 Å². The Labute approximate surface area is 342 Å². The van der Waals surface area contributed by atoms with Crippen molar-refractivity contribution >= 4 is 17.9 Å². The topological polar surface area (TPSA) is 151 Å². The van der Waals surface area contributed by atoms with Crippen LogP contribution in [0.4, 0.5) is 0 Å². The van der Waals surface area contributed by atoms with Crippen molar-refractivity contribution in [2.24, 2.45) is 35.5 Å². The summed E-state index contributed by atoms with van der Waals surface area (Å²) in [5, 5.41) is 40.3. The van der Waals surface area contributed by atoms with Gasteiger partial charge < -0.3 is 31.3 Å². The van der Waals surface area contributed by atoms with Crippen molar-refractivity contribution in [3.63, 3.8) is 0 Å². The van der Waals surface area contributed by atoms with Crippen LogP contribution in [0, 0.1) is 35.5 Å². The fourth-order valence-electron chi connectivity index (χ4n) is 9.57. The Morgan fingerprint density at radius 3 is 1.14 bits per heavy atom. The highest BCUT2D eigenvalue weighted by Crippen LogP contribution is 2.29. The number of hydrogen-bond acceptors (Lipinski definition) is 7. The molecule has 0 spiro atoms. The fraction of sp³-hybridized carbons (Fsp3) is 0.438. The molecule has 4 aromatic carbocycles. The highest BCUT2D eigenvalue weighted by atomic mass is 16.4. The van der Waals surface area contributed by atoms with Crippen LogP contribution in [0.1, 0.15) is 52.6 Å². The molecule has 6 atom stereocenters. The molecule has 3 fully saturated rings. The van der Waals surface area contributed by atoms with Crippen LogP contribution in [-0.4, -0.2) is 77.4 Å². The molecule has 10 heteroatoms. The van der Waals surface area contributed by atoms with Gasteiger partial charge in [-0.15, -0.1) is 0 Å². The SMILES string of the molecule is O=C(O)[C@@H](Cc1cccc(CN(Cc2cccc(C[C@H](C(=O)O)[C@H]3CCNC3)c2)Cc2cccc(-c3cccc(C[C@H](C(=O)O)[C@H]4CCNC4)c3)c2)c1)[C@H]1CCNC1. The minimum absolute atomic E-state index is 0.117. The first-order valence-corrected chi connectivity index (χ1v) is 21.1. The molecule has 0 unspecified atom stereocenters. The van der Waals surface area contributed by atoms with Crippen molar-refractivity contribution < 1.29 is 29.7 Å². The summed E-state index contributed by atoms with van der Waals surface area (Å²) < 4.78 is 0. The third kappa shape index (κ3) is 11.0. The predicted molar refractivity (Wildman–Crippen MR) is 225 cm³/mol. The zero-order chi connectivity index (χ0) is 40.4. The van der Waals surface area contributed by atoms with Gasteiger partial charge in [-0.05, 0) is 146 Å². The van der Waals surface area contributed by atoms with E-state index in [1.165, 1.54) is 0 Å². The van der Waals surface area contributed by atoms with Gasteiger partial charge in [0, 0.05) is 19.6 Å². The van der Waals surface area contributed by atoms with Gasteiger partial charge in [-0.25, -0.2) is 0 Å². The third-order valence-corrected chi connectivity index (χ3v) is 12.7. The number of carboxylic acids is 3. The van der Waals surface area contributed by atoms with Crippen LogP contribution in [-0.2, 0) is 53.3 Å². The molecular weight excluding hydrogens is 729 g/mol. The lowest BCUT2D eigenvalue weighted by Gasteiger charge is -2.25. The molecule has 0 bridgehead atoms. The number of nitrogens with zero attached hydrogens (tertiary/aromatic N) is 1. The Kier molecular flexibility index (Phi) is 14.0. The Balaban J connectivity index is 1.12. The van der Waals surface area contributed by atoms with E-state index in [1.807, 2.05) is 36.4 Å². The maximum atomic E-state index is 12.3. The first kappa shape index (κ1) is 41.3. The number of aliphatic carboxylic acids is 3. The number of benzene rings is 4. The van der Waals surface area contributed by atoms with Gasteiger partial charge in [0.05, 0.1) is 17.8 Å². The molecule has 3 aliphatic rings. The maximum absolute atomic E-state index is 12.3. The summed E-state index contributed by atoms with van der Waals surface area (Å²) >= 11 is 0. The lowest BCUT2D eigenvalue weighted by molar-refractivity contribution is -0.144. The Morgan fingerprint density at radius 1 is 0.483 bits per heavy atom. The van der Waals surface area contributed by atoms with Crippen LogP contribution in [0.5, 0.6) is 0 Å². The largest absolute Gasteiger partial charge is 0.481 e. The minimum Gasteiger partial charge on any atom is -0.481 e. The molecule has 0 aromatic heterocycles. The number of hydrogen-bond donors (Lipinski definition) is 6. The summed E-state index contributed by atoms with van der Waals surface area (Å²) in [4.78, 5) is 39.4. The van der Waals surface area contributed by atoms with E-state index < -0.39 is 35.7 Å². The summed E-state index contributed by atoms with van der Waals surface area (Å²) in [6, 6.07) is 33.5. The molecule has 0 aliphatic carbocycles. The second-order valence-electron chi connectivity index (χ2n) is 16.9. The van der Waals surface area contributed by atoms with Crippen LogP contribution in [0.25, 0.3) is 11.1 Å². The van der Waals surface area contributed by atoms with Gasteiger partial charge in [-0.3, -0.25) is 19.3 Å².